The normalized spacial score (nSPS) is 44.7. The van der Waals surface area contributed by atoms with Crippen LogP contribution in [0.1, 0.15) is 66.2 Å². The number of fused-ring (bicyclic) bond motifs is 5. The van der Waals surface area contributed by atoms with Crippen LogP contribution in [0.2, 0.25) is 0 Å². The number of aliphatic hydroxyl groups is 1. The Labute approximate surface area is 168 Å². The number of Topliss-reactive ketones (excluding diaryl/α,β-unsaturated/α-hetero) is 1. The molecule has 0 unspecified atom stereocenters. The highest BCUT2D eigenvalue weighted by molar-refractivity contribution is 6.01. The summed E-state index contributed by atoms with van der Waals surface area (Å²) in [7, 11) is 0. The fraction of sp³-hybridized carbons (Fsp3) is 0.750. The number of hydrogen-bond donors (Lipinski definition) is 1. The lowest BCUT2D eigenvalue weighted by Gasteiger charge is -2.58. The van der Waals surface area contributed by atoms with Crippen LogP contribution < -0.4 is 0 Å². The Hall–Kier alpha value is -1.26. The number of ether oxygens (including phenoxy) is 1. The maximum absolute atomic E-state index is 13.0. The van der Waals surface area contributed by atoms with E-state index in [-0.39, 0.29) is 28.5 Å². The second kappa shape index (κ2) is 6.63. The minimum absolute atomic E-state index is 0.0384. The van der Waals surface area contributed by atoms with Crippen LogP contribution in [0.15, 0.2) is 23.8 Å². The Morgan fingerprint density at radius 1 is 1.21 bits per heavy atom. The fourth-order valence-electron chi connectivity index (χ4n) is 7.44. The summed E-state index contributed by atoms with van der Waals surface area (Å²) in [6.07, 6.45) is 11.4. The van der Waals surface area contributed by atoms with Gasteiger partial charge in [-0.15, -0.1) is 0 Å². The summed E-state index contributed by atoms with van der Waals surface area (Å²) in [5.74, 6) is 1.43. The molecular weight excluding hydrogens is 352 g/mol. The van der Waals surface area contributed by atoms with Crippen molar-refractivity contribution in [2.45, 2.75) is 77.9 Å². The van der Waals surface area contributed by atoms with Crippen LogP contribution in [-0.2, 0) is 14.3 Å². The van der Waals surface area contributed by atoms with Crippen molar-refractivity contribution >= 4 is 11.6 Å². The van der Waals surface area contributed by atoms with Gasteiger partial charge >= 0.3 is 0 Å². The second-order valence-electron chi connectivity index (χ2n) is 10.2. The molecule has 0 spiro atoms. The van der Waals surface area contributed by atoms with Crippen LogP contribution in [0.3, 0.4) is 0 Å². The van der Waals surface area contributed by atoms with E-state index in [0.29, 0.717) is 24.2 Å². The van der Waals surface area contributed by atoms with E-state index in [4.69, 9.17) is 4.74 Å². The monoisotopic (exact) mass is 386 g/mol. The van der Waals surface area contributed by atoms with Crippen molar-refractivity contribution in [1.29, 1.82) is 0 Å². The number of carbonyl (C=O) groups is 2. The predicted molar refractivity (Wildman–Crippen MR) is 108 cm³/mol. The van der Waals surface area contributed by atoms with Gasteiger partial charge in [-0.05, 0) is 82.3 Å². The molecule has 4 aliphatic rings. The first-order chi connectivity index (χ1) is 13.2. The van der Waals surface area contributed by atoms with Crippen LogP contribution in [-0.4, -0.2) is 35.0 Å². The van der Waals surface area contributed by atoms with Gasteiger partial charge in [0.05, 0.1) is 6.10 Å². The summed E-state index contributed by atoms with van der Waals surface area (Å²) < 4.78 is 6.37. The quantitative estimate of drug-likeness (QED) is 0.793. The molecule has 3 saturated carbocycles. The third-order valence-corrected chi connectivity index (χ3v) is 8.71. The van der Waals surface area contributed by atoms with Gasteiger partial charge < -0.3 is 9.84 Å². The molecule has 28 heavy (non-hydrogen) atoms. The molecule has 0 amide bonds. The summed E-state index contributed by atoms with van der Waals surface area (Å²) in [6.45, 7) is 8.06. The van der Waals surface area contributed by atoms with Crippen molar-refractivity contribution in [2.75, 3.05) is 6.61 Å². The largest absolute Gasteiger partial charge is 0.388 e. The van der Waals surface area contributed by atoms with Gasteiger partial charge in [-0.25, -0.2) is 0 Å². The average molecular weight is 387 g/mol. The van der Waals surface area contributed by atoms with Gasteiger partial charge in [-0.2, -0.15) is 0 Å². The van der Waals surface area contributed by atoms with Gasteiger partial charge in [0.25, 0.3) is 0 Å². The van der Waals surface area contributed by atoms with Gasteiger partial charge in [-0.1, -0.05) is 25.5 Å². The van der Waals surface area contributed by atoms with Crippen molar-refractivity contribution in [2.24, 2.45) is 28.6 Å². The van der Waals surface area contributed by atoms with E-state index in [1.165, 1.54) is 5.57 Å². The molecule has 0 radical (unpaired) electrons. The maximum Gasteiger partial charge on any atom is 0.190 e. The molecule has 1 N–H and O–H groups in total. The standard InChI is InChI=1S/C24H34O4/c1-15(2)28-24(21(27)14-25)12-9-20-18-6-5-16-13-17(26)7-10-22(16,3)19(18)8-11-23(20,24)4/h7,10,13,15,18-20,25H,5-6,8-9,11-12,14H2,1-4H3/t18-,19+,20+,22+,23+,24+/m1/s1. The van der Waals surface area contributed by atoms with Crippen molar-refractivity contribution in [3.05, 3.63) is 23.8 Å². The Kier molecular flexibility index (Phi) is 4.74. The van der Waals surface area contributed by atoms with E-state index < -0.39 is 12.2 Å². The molecule has 4 nitrogen and oxygen atoms in total. The van der Waals surface area contributed by atoms with E-state index >= 15 is 0 Å². The van der Waals surface area contributed by atoms with E-state index in [0.717, 1.165) is 32.1 Å². The first-order valence-corrected chi connectivity index (χ1v) is 10.9. The lowest BCUT2D eigenvalue weighted by Crippen LogP contribution is -2.59. The molecule has 0 aromatic heterocycles. The summed E-state index contributed by atoms with van der Waals surface area (Å²) in [5, 5.41) is 9.75. The molecule has 0 aromatic rings. The molecular formula is C24H34O4. The van der Waals surface area contributed by atoms with Crippen LogP contribution in [0.25, 0.3) is 0 Å². The Bertz CT molecular complexity index is 750. The van der Waals surface area contributed by atoms with Gasteiger partial charge in [0, 0.05) is 10.8 Å². The maximum atomic E-state index is 13.0. The molecule has 4 rings (SSSR count). The molecule has 0 aliphatic heterocycles. The van der Waals surface area contributed by atoms with Crippen molar-refractivity contribution in [3.8, 4) is 0 Å². The Morgan fingerprint density at radius 3 is 2.61 bits per heavy atom. The first-order valence-electron chi connectivity index (χ1n) is 10.9. The number of allylic oxidation sites excluding steroid dienone is 4. The molecule has 4 aliphatic carbocycles. The van der Waals surface area contributed by atoms with Crippen LogP contribution in [0.5, 0.6) is 0 Å². The van der Waals surface area contributed by atoms with Crippen molar-refractivity contribution in [1.82, 2.24) is 0 Å². The highest BCUT2D eigenvalue weighted by atomic mass is 16.5. The third kappa shape index (κ3) is 2.56. The van der Waals surface area contributed by atoms with Crippen LogP contribution >= 0.6 is 0 Å². The summed E-state index contributed by atoms with van der Waals surface area (Å²) in [4.78, 5) is 24.9. The minimum Gasteiger partial charge on any atom is -0.388 e. The fourth-order valence-corrected chi connectivity index (χ4v) is 7.44. The third-order valence-electron chi connectivity index (χ3n) is 8.71. The molecule has 0 saturated heterocycles. The van der Waals surface area contributed by atoms with E-state index in [9.17, 15) is 14.7 Å². The van der Waals surface area contributed by atoms with Crippen LogP contribution in [0.4, 0.5) is 0 Å². The first kappa shape index (κ1) is 20.0. The molecule has 0 heterocycles. The number of ketones is 2. The summed E-state index contributed by atoms with van der Waals surface area (Å²) in [5.41, 5.74) is 0.160. The second-order valence-corrected chi connectivity index (χ2v) is 10.2. The molecule has 4 heteroatoms. The molecule has 0 aromatic carbocycles. The predicted octanol–water partition coefficient (Wildman–Crippen LogP) is 4.02. The number of rotatable bonds is 4. The van der Waals surface area contributed by atoms with Crippen LogP contribution in [0, 0.1) is 28.6 Å². The Morgan fingerprint density at radius 2 is 1.93 bits per heavy atom. The number of carbonyl (C=O) groups excluding carboxylic acids is 2. The molecule has 3 fully saturated rings. The highest BCUT2D eigenvalue weighted by Crippen LogP contribution is 2.67. The van der Waals surface area contributed by atoms with E-state index in [1.807, 2.05) is 19.9 Å². The molecule has 0 bridgehead atoms. The highest BCUT2D eigenvalue weighted by Gasteiger charge is 2.67. The average Bonchev–Trinajstić information content (AvgIpc) is 2.94. The smallest absolute Gasteiger partial charge is 0.190 e. The molecule has 6 atom stereocenters. The lowest BCUT2D eigenvalue weighted by atomic mass is 9.47. The molecule has 154 valence electrons. The lowest BCUT2D eigenvalue weighted by molar-refractivity contribution is -0.188. The zero-order chi connectivity index (χ0) is 20.3. The zero-order valence-corrected chi connectivity index (χ0v) is 17.7. The summed E-state index contributed by atoms with van der Waals surface area (Å²) >= 11 is 0. The number of hydrogen-bond acceptors (Lipinski definition) is 4. The van der Waals surface area contributed by atoms with Crippen molar-refractivity contribution < 1.29 is 19.4 Å². The summed E-state index contributed by atoms with van der Waals surface area (Å²) in [6, 6.07) is 0. The van der Waals surface area contributed by atoms with Gasteiger partial charge in [0.1, 0.15) is 12.2 Å². The SMILES string of the molecule is CC(C)O[C@]1(C(=O)CO)CC[C@H]2[C@@H]3CCC4=CC(=O)C=C[C@]4(C)[C@H]3CC[C@@]21C. The number of aliphatic hydroxyl groups excluding tert-OH is 1. The van der Waals surface area contributed by atoms with E-state index in [2.05, 4.69) is 19.9 Å². The topological polar surface area (TPSA) is 63.6 Å². The zero-order valence-electron chi connectivity index (χ0n) is 17.7. The minimum atomic E-state index is -0.860. The van der Waals surface area contributed by atoms with E-state index in [1.54, 1.807) is 6.08 Å². The van der Waals surface area contributed by atoms with Gasteiger partial charge in [0.15, 0.2) is 11.6 Å². The van der Waals surface area contributed by atoms with Crippen molar-refractivity contribution in [3.63, 3.8) is 0 Å². The van der Waals surface area contributed by atoms with Gasteiger partial charge in [0.2, 0.25) is 0 Å². The Balaban J connectivity index is 1.71. The van der Waals surface area contributed by atoms with Gasteiger partial charge in [-0.3, -0.25) is 9.59 Å².